The molecule has 0 radical (unpaired) electrons. The number of carbonyl (C=O) groups excluding carboxylic acids is 2. The molecule has 31 heavy (non-hydrogen) atoms. The smallest absolute Gasteiger partial charge is 0.255 e. The van der Waals surface area contributed by atoms with E-state index in [1.165, 1.54) is 0 Å². The summed E-state index contributed by atoms with van der Waals surface area (Å²) in [6.07, 6.45) is 3.51. The lowest BCUT2D eigenvalue weighted by Gasteiger charge is -2.60. The number of anilines is 1. The molecule has 4 unspecified atom stereocenters. The van der Waals surface area contributed by atoms with Crippen molar-refractivity contribution in [3.05, 3.63) is 59.7 Å². The summed E-state index contributed by atoms with van der Waals surface area (Å²) in [4.78, 5) is 26.1. The van der Waals surface area contributed by atoms with E-state index in [2.05, 4.69) is 22.9 Å². The quantitative estimate of drug-likeness (QED) is 0.706. The number of fused-ring (bicyclic) bond motifs is 3. The van der Waals surface area contributed by atoms with Crippen molar-refractivity contribution in [2.45, 2.75) is 44.8 Å². The number of amides is 2. The molecule has 6 heteroatoms. The van der Waals surface area contributed by atoms with Crippen LogP contribution in [0.25, 0.3) is 0 Å². The lowest BCUT2D eigenvalue weighted by molar-refractivity contribution is -0.139. The average molecular weight is 420 g/mol. The van der Waals surface area contributed by atoms with E-state index in [1.54, 1.807) is 7.11 Å². The molecule has 0 saturated heterocycles. The molecule has 6 nitrogen and oxygen atoms in total. The fourth-order valence-corrected chi connectivity index (χ4v) is 6.01. The lowest BCUT2D eigenvalue weighted by Crippen LogP contribution is -2.70. The van der Waals surface area contributed by atoms with Gasteiger partial charge < -0.3 is 20.7 Å². The van der Waals surface area contributed by atoms with Gasteiger partial charge in [0.1, 0.15) is 11.4 Å². The maximum atomic E-state index is 13.2. The van der Waals surface area contributed by atoms with Crippen molar-refractivity contribution in [2.24, 2.45) is 17.3 Å². The maximum absolute atomic E-state index is 13.2. The van der Waals surface area contributed by atoms with Crippen LogP contribution in [0.4, 0.5) is 5.69 Å². The number of methoxy groups -OCH3 is 1. The lowest BCUT2D eigenvalue weighted by atomic mass is 9.51. The molecule has 3 saturated carbocycles. The Bertz CT molecular complexity index is 1040. The van der Waals surface area contributed by atoms with Crippen LogP contribution in [0.2, 0.25) is 0 Å². The van der Waals surface area contributed by atoms with Gasteiger partial charge >= 0.3 is 0 Å². The SMILES string of the molecule is COc1ccccc1CNC(=O)C1CC2CCC1(C)CC21NC(=O)c2ccccc2N1. The molecule has 6 rings (SSSR count). The largest absolute Gasteiger partial charge is 0.496 e. The van der Waals surface area contributed by atoms with Gasteiger partial charge in [-0.2, -0.15) is 0 Å². The Morgan fingerprint density at radius 3 is 2.74 bits per heavy atom. The van der Waals surface area contributed by atoms with Crippen LogP contribution in [0.15, 0.2) is 48.5 Å². The molecule has 2 amide bonds. The van der Waals surface area contributed by atoms with Gasteiger partial charge in [-0.1, -0.05) is 37.3 Å². The van der Waals surface area contributed by atoms with Crippen molar-refractivity contribution in [3.63, 3.8) is 0 Å². The molecule has 0 aromatic heterocycles. The summed E-state index contributed by atoms with van der Waals surface area (Å²) in [6, 6.07) is 15.4. The van der Waals surface area contributed by atoms with E-state index in [0.717, 1.165) is 42.7 Å². The zero-order valence-corrected chi connectivity index (χ0v) is 18.0. The number of hydrogen-bond donors (Lipinski definition) is 3. The topological polar surface area (TPSA) is 79.5 Å². The summed E-state index contributed by atoms with van der Waals surface area (Å²) >= 11 is 0. The number of benzene rings is 2. The molecule has 3 aliphatic carbocycles. The van der Waals surface area contributed by atoms with E-state index in [1.807, 2.05) is 48.5 Å². The summed E-state index contributed by atoms with van der Waals surface area (Å²) in [5.74, 6) is 1.00. The molecule has 2 bridgehead atoms. The molecular weight excluding hydrogens is 390 g/mol. The highest BCUT2D eigenvalue weighted by molar-refractivity contribution is 6.02. The average Bonchev–Trinajstić information content (AvgIpc) is 2.77. The van der Waals surface area contributed by atoms with Crippen molar-refractivity contribution in [1.29, 1.82) is 0 Å². The van der Waals surface area contributed by atoms with Crippen LogP contribution in [-0.4, -0.2) is 24.6 Å². The maximum Gasteiger partial charge on any atom is 0.255 e. The molecule has 162 valence electrons. The van der Waals surface area contributed by atoms with Crippen LogP contribution in [0.1, 0.15) is 48.5 Å². The third-order valence-electron chi connectivity index (χ3n) is 7.63. The first kappa shape index (κ1) is 19.9. The van der Waals surface area contributed by atoms with Gasteiger partial charge in [0.15, 0.2) is 0 Å². The third kappa shape index (κ3) is 3.25. The van der Waals surface area contributed by atoms with Crippen LogP contribution >= 0.6 is 0 Å². The summed E-state index contributed by atoms with van der Waals surface area (Å²) in [6.45, 7) is 2.65. The summed E-state index contributed by atoms with van der Waals surface area (Å²) < 4.78 is 5.41. The zero-order chi connectivity index (χ0) is 21.6. The Hall–Kier alpha value is -3.02. The van der Waals surface area contributed by atoms with Crippen LogP contribution in [0.5, 0.6) is 5.75 Å². The predicted molar refractivity (Wildman–Crippen MR) is 119 cm³/mol. The van der Waals surface area contributed by atoms with Gasteiger partial charge in [0.05, 0.1) is 12.7 Å². The van der Waals surface area contributed by atoms with E-state index >= 15 is 0 Å². The standard InChI is InChI=1S/C25H29N3O3/c1-24-12-11-17(25(15-24)27-20-9-5-4-8-18(20)22(29)28-25)13-19(24)23(30)26-14-16-7-3-6-10-21(16)31-2/h3-10,17,19,27H,11-15H2,1-2H3,(H,26,30)(H,28,29). The van der Waals surface area contributed by atoms with E-state index in [0.29, 0.717) is 12.1 Å². The van der Waals surface area contributed by atoms with Crippen molar-refractivity contribution in [1.82, 2.24) is 10.6 Å². The van der Waals surface area contributed by atoms with Gasteiger partial charge in [-0.3, -0.25) is 9.59 Å². The normalized spacial score (nSPS) is 30.8. The van der Waals surface area contributed by atoms with Crippen molar-refractivity contribution >= 4 is 17.5 Å². The molecule has 1 aliphatic heterocycles. The first-order valence-corrected chi connectivity index (χ1v) is 11.0. The molecule has 2 aromatic carbocycles. The summed E-state index contributed by atoms with van der Waals surface area (Å²) in [5, 5.41) is 10.1. The Morgan fingerprint density at radius 1 is 1.16 bits per heavy atom. The molecule has 4 aliphatic rings. The van der Waals surface area contributed by atoms with E-state index < -0.39 is 5.66 Å². The second-order valence-corrected chi connectivity index (χ2v) is 9.48. The molecule has 3 fully saturated rings. The Labute approximate surface area is 182 Å². The third-order valence-corrected chi connectivity index (χ3v) is 7.63. The monoisotopic (exact) mass is 419 g/mol. The van der Waals surface area contributed by atoms with E-state index in [-0.39, 0.29) is 29.1 Å². The first-order chi connectivity index (χ1) is 14.9. The molecule has 4 atom stereocenters. The Balaban J connectivity index is 1.34. The van der Waals surface area contributed by atoms with E-state index in [4.69, 9.17) is 4.74 Å². The van der Waals surface area contributed by atoms with Gasteiger partial charge in [-0.05, 0) is 49.3 Å². The van der Waals surface area contributed by atoms with Gasteiger partial charge in [-0.15, -0.1) is 0 Å². The minimum Gasteiger partial charge on any atom is -0.496 e. The minimum absolute atomic E-state index is 0.0253. The summed E-state index contributed by atoms with van der Waals surface area (Å²) in [5.41, 5.74) is 1.90. The molecule has 3 N–H and O–H groups in total. The summed E-state index contributed by atoms with van der Waals surface area (Å²) in [7, 11) is 1.64. The number of hydrogen-bond acceptors (Lipinski definition) is 4. The first-order valence-electron chi connectivity index (χ1n) is 11.0. The zero-order valence-electron chi connectivity index (χ0n) is 18.0. The van der Waals surface area contributed by atoms with Gasteiger partial charge in [0.25, 0.3) is 5.91 Å². The van der Waals surface area contributed by atoms with Crippen LogP contribution in [0, 0.1) is 17.3 Å². The van der Waals surface area contributed by atoms with Gasteiger partial charge in [-0.25, -0.2) is 0 Å². The van der Waals surface area contributed by atoms with Crippen LogP contribution < -0.4 is 20.7 Å². The second kappa shape index (κ2) is 7.29. The fraction of sp³-hybridized carbons (Fsp3) is 0.440. The highest BCUT2D eigenvalue weighted by Gasteiger charge is 2.60. The highest BCUT2D eigenvalue weighted by atomic mass is 16.5. The van der Waals surface area contributed by atoms with Crippen LogP contribution in [-0.2, 0) is 11.3 Å². The molecular formula is C25H29N3O3. The van der Waals surface area contributed by atoms with Crippen molar-refractivity contribution < 1.29 is 14.3 Å². The number of para-hydroxylation sites is 2. The van der Waals surface area contributed by atoms with Crippen molar-refractivity contribution in [3.8, 4) is 5.75 Å². The molecule has 1 heterocycles. The van der Waals surface area contributed by atoms with E-state index in [9.17, 15) is 9.59 Å². The van der Waals surface area contributed by atoms with Crippen molar-refractivity contribution in [2.75, 3.05) is 12.4 Å². The number of nitrogens with one attached hydrogen (secondary N) is 3. The van der Waals surface area contributed by atoms with Gasteiger partial charge in [0.2, 0.25) is 5.91 Å². The minimum atomic E-state index is -0.474. The number of ether oxygens (including phenoxy) is 1. The highest BCUT2D eigenvalue weighted by Crippen LogP contribution is 2.58. The molecule has 2 aromatic rings. The number of carbonyl (C=O) groups is 2. The molecule has 1 spiro atoms. The fourth-order valence-electron chi connectivity index (χ4n) is 6.01. The van der Waals surface area contributed by atoms with Crippen LogP contribution in [0.3, 0.4) is 0 Å². The number of rotatable bonds is 4. The Morgan fingerprint density at radius 2 is 1.94 bits per heavy atom. The second-order valence-electron chi connectivity index (χ2n) is 9.48. The predicted octanol–water partition coefficient (Wildman–Crippen LogP) is 3.69. The Kier molecular flexibility index (Phi) is 4.68. The van der Waals surface area contributed by atoms with Gasteiger partial charge in [0, 0.05) is 29.6 Å².